The molecule has 1 rings (SSSR count). The lowest BCUT2D eigenvalue weighted by Crippen LogP contribution is -2.44. The number of carbonyl (C=O) groups is 2. The maximum atomic E-state index is 12.9. The Morgan fingerprint density at radius 1 is 1.11 bits per heavy atom. The maximum Gasteiger partial charge on any atom is 0.408 e. The molecule has 0 spiro atoms. The summed E-state index contributed by atoms with van der Waals surface area (Å²) >= 11 is 0. The number of unbranched alkanes of at least 4 members (excludes halogenated alkanes) is 1. The lowest BCUT2D eigenvalue weighted by Gasteiger charge is -2.22. The number of ether oxygens (including phenoxy) is 3. The Morgan fingerprint density at radius 3 is 2.29 bits per heavy atom. The molecule has 35 heavy (non-hydrogen) atoms. The fourth-order valence-corrected chi connectivity index (χ4v) is 4.85. The van der Waals surface area contributed by atoms with Crippen molar-refractivity contribution in [1.82, 2.24) is 10.0 Å². The third-order valence-corrected chi connectivity index (χ3v) is 6.71. The van der Waals surface area contributed by atoms with E-state index >= 15 is 0 Å². The Hall–Kier alpha value is -3.02. The van der Waals surface area contributed by atoms with Gasteiger partial charge in [-0.25, -0.2) is 22.7 Å². The molecule has 11 nitrogen and oxygen atoms in total. The second kappa shape index (κ2) is 12.6. The van der Waals surface area contributed by atoms with Gasteiger partial charge >= 0.3 is 12.1 Å². The average Bonchev–Trinajstić information content (AvgIpc) is 2.72. The molecule has 4 N–H and O–H groups in total. The van der Waals surface area contributed by atoms with Crippen LogP contribution in [0.25, 0.3) is 0 Å². The number of sulfonamides is 1. The molecular weight excluding hydrogens is 476 g/mol. The summed E-state index contributed by atoms with van der Waals surface area (Å²) in [4.78, 5) is 28.1. The standard InChI is InChI=1S/C23H38N4O7S/c1-14-13-18(32-7)15(2)16(3)19(14)35(30,31)27-21(24)25-12-10-9-11-17(20(28)33-8)26-22(29)34-23(4,5)6/h13,17H,9-12H2,1-8H3,(H,26,29)(H3,24,25,27)/t17-/m0/s1. The Balaban J connectivity index is 2.73. The first-order chi connectivity index (χ1) is 16.1. The van der Waals surface area contributed by atoms with Crippen molar-refractivity contribution in [1.29, 1.82) is 0 Å². The molecule has 0 aliphatic rings. The second-order valence-corrected chi connectivity index (χ2v) is 10.7. The molecule has 0 unspecified atom stereocenters. The highest BCUT2D eigenvalue weighted by molar-refractivity contribution is 7.90. The van der Waals surface area contributed by atoms with Crippen LogP contribution in [0, 0.1) is 20.8 Å². The lowest BCUT2D eigenvalue weighted by molar-refractivity contribution is -0.143. The molecule has 0 saturated carbocycles. The number of methoxy groups -OCH3 is 2. The first-order valence-corrected chi connectivity index (χ1v) is 12.7. The van der Waals surface area contributed by atoms with Crippen molar-refractivity contribution >= 4 is 28.0 Å². The van der Waals surface area contributed by atoms with Gasteiger partial charge in [0.25, 0.3) is 10.0 Å². The smallest absolute Gasteiger partial charge is 0.408 e. The number of benzene rings is 1. The number of aryl methyl sites for hydroxylation is 1. The van der Waals surface area contributed by atoms with Crippen molar-refractivity contribution in [2.45, 2.75) is 77.3 Å². The zero-order chi connectivity index (χ0) is 27.0. The van der Waals surface area contributed by atoms with Crippen LogP contribution in [0.15, 0.2) is 16.0 Å². The van der Waals surface area contributed by atoms with Crippen LogP contribution < -0.4 is 20.5 Å². The molecule has 0 aliphatic carbocycles. The zero-order valence-electron chi connectivity index (χ0n) is 21.8. The van der Waals surface area contributed by atoms with E-state index < -0.39 is 33.7 Å². The van der Waals surface area contributed by atoms with Gasteiger partial charge in [-0.15, -0.1) is 0 Å². The number of esters is 1. The number of alkyl carbamates (subject to hydrolysis) is 1. The molecule has 198 valence electrons. The second-order valence-electron chi connectivity index (χ2n) is 9.07. The molecule has 0 aliphatic heterocycles. The maximum absolute atomic E-state index is 12.9. The number of rotatable bonds is 10. The van der Waals surface area contributed by atoms with Gasteiger partial charge < -0.3 is 25.3 Å². The van der Waals surface area contributed by atoms with Gasteiger partial charge in [0.2, 0.25) is 5.96 Å². The lowest BCUT2D eigenvalue weighted by atomic mass is 10.1. The quantitative estimate of drug-likeness (QED) is 0.186. The Labute approximate surface area is 207 Å². The van der Waals surface area contributed by atoms with E-state index in [0.717, 1.165) is 0 Å². The molecule has 12 heteroatoms. The fraction of sp³-hybridized carbons (Fsp3) is 0.609. The first kappa shape index (κ1) is 30.0. The third kappa shape index (κ3) is 9.27. The predicted molar refractivity (Wildman–Crippen MR) is 133 cm³/mol. The van der Waals surface area contributed by atoms with Crippen molar-refractivity contribution in [2.24, 2.45) is 10.7 Å². The molecule has 0 aromatic heterocycles. The molecule has 1 aromatic rings. The minimum Gasteiger partial charge on any atom is -0.496 e. The van der Waals surface area contributed by atoms with E-state index in [2.05, 4.69) is 15.0 Å². The summed E-state index contributed by atoms with van der Waals surface area (Å²) in [6.07, 6.45) is 0.556. The number of nitrogens with two attached hydrogens (primary N) is 1. The van der Waals surface area contributed by atoms with Crippen LogP contribution in [-0.2, 0) is 24.3 Å². The number of aliphatic imine (C=N–C) groups is 1. The highest BCUT2D eigenvalue weighted by atomic mass is 32.2. The van der Waals surface area contributed by atoms with Crippen molar-refractivity contribution in [3.05, 3.63) is 22.8 Å². The molecule has 0 saturated heterocycles. The van der Waals surface area contributed by atoms with E-state index in [-0.39, 0.29) is 23.8 Å². The van der Waals surface area contributed by atoms with Crippen molar-refractivity contribution in [3.63, 3.8) is 0 Å². The molecule has 0 fully saturated rings. The number of nitrogens with one attached hydrogen (secondary N) is 2. The molecular formula is C23H38N4O7S. The van der Waals surface area contributed by atoms with Gasteiger partial charge in [-0.2, -0.15) is 0 Å². The van der Waals surface area contributed by atoms with Crippen LogP contribution in [0.4, 0.5) is 4.79 Å². The Morgan fingerprint density at radius 2 is 1.74 bits per heavy atom. The highest BCUT2D eigenvalue weighted by Crippen LogP contribution is 2.30. The number of amides is 1. The van der Waals surface area contributed by atoms with Crippen LogP contribution in [0.3, 0.4) is 0 Å². The van der Waals surface area contributed by atoms with E-state index in [1.54, 1.807) is 47.6 Å². The topological polar surface area (TPSA) is 158 Å². The summed E-state index contributed by atoms with van der Waals surface area (Å²) in [5.74, 6) is -0.229. The van der Waals surface area contributed by atoms with Crippen LogP contribution in [0.2, 0.25) is 0 Å². The summed E-state index contributed by atoms with van der Waals surface area (Å²) in [6, 6.07) is 0.784. The number of hydrogen-bond donors (Lipinski definition) is 3. The fourth-order valence-electron chi connectivity index (χ4n) is 3.37. The van der Waals surface area contributed by atoms with Gasteiger partial charge in [0, 0.05) is 6.54 Å². The minimum absolute atomic E-state index is 0.128. The number of nitrogens with zero attached hydrogens (tertiary/aromatic N) is 1. The summed E-state index contributed by atoms with van der Waals surface area (Å²) < 4.78 is 43.3. The molecule has 1 atom stereocenters. The molecule has 0 bridgehead atoms. The zero-order valence-corrected chi connectivity index (χ0v) is 22.6. The summed E-state index contributed by atoms with van der Waals surface area (Å²) in [6.45, 7) is 10.5. The monoisotopic (exact) mass is 514 g/mol. The molecule has 0 heterocycles. The average molecular weight is 515 g/mol. The van der Waals surface area contributed by atoms with E-state index in [1.165, 1.54) is 14.2 Å². The molecule has 1 aromatic carbocycles. The van der Waals surface area contributed by atoms with Gasteiger partial charge in [-0.3, -0.25) is 4.99 Å². The van der Waals surface area contributed by atoms with Gasteiger partial charge in [0.05, 0.1) is 19.1 Å². The first-order valence-electron chi connectivity index (χ1n) is 11.2. The summed E-state index contributed by atoms with van der Waals surface area (Å²) in [5.41, 5.74) is 6.92. The summed E-state index contributed by atoms with van der Waals surface area (Å²) in [7, 11) is -1.19. The van der Waals surface area contributed by atoms with Crippen LogP contribution in [0.5, 0.6) is 5.75 Å². The van der Waals surface area contributed by atoms with E-state index in [0.29, 0.717) is 35.3 Å². The van der Waals surface area contributed by atoms with Crippen molar-refractivity contribution in [2.75, 3.05) is 20.8 Å². The van der Waals surface area contributed by atoms with Gasteiger partial charge in [0.1, 0.15) is 17.4 Å². The van der Waals surface area contributed by atoms with Gasteiger partial charge in [-0.05, 0) is 83.6 Å². The predicted octanol–water partition coefficient (Wildman–Crippen LogP) is 2.45. The van der Waals surface area contributed by atoms with Crippen molar-refractivity contribution in [3.8, 4) is 5.75 Å². The molecule has 0 radical (unpaired) electrons. The van der Waals surface area contributed by atoms with Gasteiger partial charge in [0.15, 0.2) is 0 Å². The normalized spacial score (nSPS) is 13.1. The van der Waals surface area contributed by atoms with Crippen LogP contribution in [-0.4, -0.2) is 58.8 Å². The van der Waals surface area contributed by atoms with Crippen LogP contribution >= 0.6 is 0 Å². The van der Waals surface area contributed by atoms with E-state index in [4.69, 9.17) is 19.9 Å². The highest BCUT2D eigenvalue weighted by Gasteiger charge is 2.25. The third-order valence-electron chi connectivity index (χ3n) is 5.07. The summed E-state index contributed by atoms with van der Waals surface area (Å²) in [5, 5.41) is 2.50. The van der Waals surface area contributed by atoms with Gasteiger partial charge in [-0.1, -0.05) is 0 Å². The Bertz CT molecular complexity index is 1050. The number of hydrogen-bond acceptors (Lipinski definition) is 8. The SMILES string of the molecule is COC(=O)[C@H](CCCCN=C(N)NS(=O)(=O)c1c(C)cc(OC)c(C)c1C)NC(=O)OC(C)(C)C. The number of guanidine groups is 1. The molecule has 1 amide bonds. The van der Waals surface area contributed by atoms with E-state index in [9.17, 15) is 18.0 Å². The Kier molecular flexibility index (Phi) is 10.8. The minimum atomic E-state index is -3.95. The van der Waals surface area contributed by atoms with Crippen LogP contribution in [0.1, 0.15) is 56.7 Å². The number of carbonyl (C=O) groups excluding carboxylic acids is 2. The van der Waals surface area contributed by atoms with E-state index in [1.807, 2.05) is 0 Å². The van der Waals surface area contributed by atoms with Crippen molar-refractivity contribution < 1.29 is 32.2 Å². The largest absolute Gasteiger partial charge is 0.496 e.